The molecule has 0 spiro atoms. The Bertz CT molecular complexity index is 513. The van der Waals surface area contributed by atoms with Crippen LogP contribution >= 0.6 is 0 Å². The van der Waals surface area contributed by atoms with E-state index in [-0.39, 0.29) is 12.4 Å². The van der Waals surface area contributed by atoms with Gasteiger partial charge in [0.2, 0.25) is 0 Å². The van der Waals surface area contributed by atoms with E-state index in [1.165, 1.54) is 12.1 Å². The first-order valence-electron chi connectivity index (χ1n) is 5.83. The lowest BCUT2D eigenvalue weighted by atomic mass is 10.2. The van der Waals surface area contributed by atoms with E-state index in [9.17, 15) is 4.39 Å². The molecule has 0 aliphatic heterocycles. The molecule has 0 unspecified atom stereocenters. The van der Waals surface area contributed by atoms with Crippen LogP contribution < -0.4 is 4.90 Å². The van der Waals surface area contributed by atoms with Crippen LogP contribution in [0, 0.1) is 5.82 Å². The van der Waals surface area contributed by atoms with Gasteiger partial charge in [-0.2, -0.15) is 0 Å². The van der Waals surface area contributed by atoms with Gasteiger partial charge in [0.05, 0.1) is 12.3 Å². The summed E-state index contributed by atoms with van der Waals surface area (Å²) in [5.74, 6) is -0.249. The number of hydrogen-bond donors (Lipinski definition) is 1. The number of hydrogen-bond acceptors (Lipinski definition) is 3. The summed E-state index contributed by atoms with van der Waals surface area (Å²) in [5.41, 5.74) is 2.46. The fraction of sp³-hybridized carbons (Fsp3) is 0.214. The van der Waals surface area contributed by atoms with Crippen LogP contribution in [0.3, 0.4) is 0 Å². The summed E-state index contributed by atoms with van der Waals surface area (Å²) in [7, 11) is 0. The van der Waals surface area contributed by atoms with Crippen LogP contribution in [0.5, 0.6) is 0 Å². The highest BCUT2D eigenvalue weighted by Gasteiger charge is 2.08. The molecule has 0 aliphatic rings. The second kappa shape index (κ2) is 5.60. The van der Waals surface area contributed by atoms with Gasteiger partial charge in [-0.1, -0.05) is 0 Å². The molecule has 1 N–H and O–H groups in total. The number of anilines is 2. The van der Waals surface area contributed by atoms with E-state index in [1.807, 2.05) is 24.0 Å². The maximum absolute atomic E-state index is 12.9. The van der Waals surface area contributed by atoms with Crippen molar-refractivity contribution in [3.63, 3.8) is 0 Å². The number of pyridine rings is 1. The summed E-state index contributed by atoms with van der Waals surface area (Å²) in [6, 6.07) is 10.0. The number of aliphatic hydroxyl groups is 1. The van der Waals surface area contributed by atoms with Crippen molar-refractivity contribution >= 4 is 11.4 Å². The first-order valence-corrected chi connectivity index (χ1v) is 5.83. The summed E-state index contributed by atoms with van der Waals surface area (Å²) in [6.45, 7) is 2.68. The van der Waals surface area contributed by atoms with Gasteiger partial charge >= 0.3 is 0 Å². The second-order valence-electron chi connectivity index (χ2n) is 3.88. The van der Waals surface area contributed by atoms with Gasteiger partial charge in [0.1, 0.15) is 5.82 Å². The minimum Gasteiger partial charge on any atom is -0.390 e. The third-order valence-electron chi connectivity index (χ3n) is 2.73. The van der Waals surface area contributed by atoms with Gasteiger partial charge in [-0.25, -0.2) is 4.39 Å². The molecule has 0 radical (unpaired) electrons. The van der Waals surface area contributed by atoms with Crippen molar-refractivity contribution in [3.8, 4) is 0 Å². The molecule has 0 saturated heterocycles. The average molecular weight is 246 g/mol. The smallest absolute Gasteiger partial charge is 0.123 e. The third-order valence-corrected chi connectivity index (χ3v) is 2.73. The summed E-state index contributed by atoms with van der Waals surface area (Å²) in [5, 5.41) is 9.09. The quantitative estimate of drug-likeness (QED) is 0.901. The lowest BCUT2D eigenvalue weighted by molar-refractivity contribution is 0.277. The maximum atomic E-state index is 12.9. The topological polar surface area (TPSA) is 36.4 Å². The maximum Gasteiger partial charge on any atom is 0.123 e. The summed E-state index contributed by atoms with van der Waals surface area (Å²) >= 11 is 0. The molecule has 1 heterocycles. The minimum absolute atomic E-state index is 0.0885. The van der Waals surface area contributed by atoms with E-state index in [2.05, 4.69) is 4.98 Å². The van der Waals surface area contributed by atoms with E-state index >= 15 is 0 Å². The third kappa shape index (κ3) is 2.65. The molecular formula is C14H15FN2O. The summed E-state index contributed by atoms with van der Waals surface area (Å²) in [6.07, 6.45) is 1.66. The first-order chi connectivity index (χ1) is 8.74. The molecule has 18 heavy (non-hydrogen) atoms. The molecule has 0 fully saturated rings. The second-order valence-corrected chi connectivity index (χ2v) is 3.88. The lowest BCUT2D eigenvalue weighted by Crippen LogP contribution is -2.16. The molecule has 3 nitrogen and oxygen atoms in total. The van der Waals surface area contributed by atoms with E-state index in [1.54, 1.807) is 18.3 Å². The Balaban J connectivity index is 2.35. The molecule has 0 aliphatic carbocycles. The number of aromatic nitrogens is 1. The Morgan fingerprint density at radius 3 is 2.50 bits per heavy atom. The number of benzene rings is 1. The van der Waals surface area contributed by atoms with Crippen molar-refractivity contribution in [2.75, 3.05) is 11.4 Å². The van der Waals surface area contributed by atoms with Gasteiger partial charge in [-0.05, 0) is 43.3 Å². The zero-order chi connectivity index (χ0) is 13.0. The first kappa shape index (κ1) is 12.5. The Labute approximate surface area is 106 Å². The fourth-order valence-electron chi connectivity index (χ4n) is 1.86. The Morgan fingerprint density at radius 2 is 1.89 bits per heavy atom. The van der Waals surface area contributed by atoms with Crippen molar-refractivity contribution in [1.29, 1.82) is 0 Å². The van der Waals surface area contributed by atoms with Crippen LogP contribution in [0.1, 0.15) is 12.6 Å². The van der Waals surface area contributed by atoms with Gasteiger partial charge in [0.15, 0.2) is 0 Å². The number of aliphatic hydroxyl groups excluding tert-OH is 1. The van der Waals surface area contributed by atoms with Crippen LogP contribution in [-0.2, 0) is 6.61 Å². The highest BCUT2D eigenvalue weighted by Crippen LogP contribution is 2.25. The highest BCUT2D eigenvalue weighted by molar-refractivity contribution is 5.62. The van der Waals surface area contributed by atoms with E-state index in [4.69, 9.17) is 5.11 Å². The van der Waals surface area contributed by atoms with Crippen molar-refractivity contribution in [3.05, 3.63) is 54.1 Å². The Morgan fingerprint density at radius 1 is 1.17 bits per heavy atom. The largest absolute Gasteiger partial charge is 0.390 e. The number of halogens is 1. The van der Waals surface area contributed by atoms with Crippen LogP contribution in [0.25, 0.3) is 0 Å². The molecule has 0 saturated carbocycles. The molecule has 4 heteroatoms. The van der Waals surface area contributed by atoms with Gasteiger partial charge < -0.3 is 10.0 Å². The van der Waals surface area contributed by atoms with Crippen molar-refractivity contribution in [2.24, 2.45) is 0 Å². The molecular weight excluding hydrogens is 231 g/mol. The van der Waals surface area contributed by atoms with Crippen molar-refractivity contribution in [1.82, 2.24) is 4.98 Å². The highest BCUT2D eigenvalue weighted by atomic mass is 19.1. The van der Waals surface area contributed by atoms with Crippen molar-refractivity contribution < 1.29 is 9.50 Å². The summed E-state index contributed by atoms with van der Waals surface area (Å²) < 4.78 is 12.9. The minimum atomic E-state index is -0.249. The van der Waals surface area contributed by atoms with Gasteiger partial charge in [0, 0.05) is 24.1 Å². The molecule has 94 valence electrons. The number of rotatable bonds is 4. The monoisotopic (exact) mass is 246 g/mol. The van der Waals surface area contributed by atoms with Crippen LogP contribution in [0.15, 0.2) is 42.6 Å². The van der Waals surface area contributed by atoms with Crippen LogP contribution in [-0.4, -0.2) is 16.6 Å². The van der Waals surface area contributed by atoms with Crippen LogP contribution in [0.4, 0.5) is 15.8 Å². The standard InChI is InChI=1S/C14H15FN2O/c1-2-17(13-5-3-11(15)4-6-13)14-7-8-16-12(9-14)10-18/h3-9,18H,2,10H2,1H3. The SMILES string of the molecule is CCN(c1ccc(F)cc1)c1ccnc(CO)c1. The molecule has 1 aromatic carbocycles. The van der Waals surface area contributed by atoms with E-state index in [0.29, 0.717) is 5.69 Å². The predicted octanol–water partition coefficient (Wildman–Crippen LogP) is 2.87. The van der Waals surface area contributed by atoms with Crippen LogP contribution in [0.2, 0.25) is 0 Å². The molecule has 2 aromatic rings. The van der Waals surface area contributed by atoms with Gasteiger partial charge in [-0.15, -0.1) is 0 Å². The van der Waals surface area contributed by atoms with Gasteiger partial charge in [0.25, 0.3) is 0 Å². The molecule has 0 amide bonds. The van der Waals surface area contributed by atoms with E-state index < -0.39 is 0 Å². The molecule has 0 atom stereocenters. The normalized spacial score (nSPS) is 10.4. The Kier molecular flexibility index (Phi) is 3.89. The zero-order valence-corrected chi connectivity index (χ0v) is 10.2. The zero-order valence-electron chi connectivity index (χ0n) is 10.2. The fourth-order valence-corrected chi connectivity index (χ4v) is 1.86. The molecule has 1 aromatic heterocycles. The average Bonchev–Trinajstić information content (AvgIpc) is 2.42. The van der Waals surface area contributed by atoms with Gasteiger partial charge in [-0.3, -0.25) is 4.98 Å². The predicted molar refractivity (Wildman–Crippen MR) is 69.2 cm³/mol. The lowest BCUT2D eigenvalue weighted by Gasteiger charge is -2.23. The van der Waals surface area contributed by atoms with Crippen molar-refractivity contribution in [2.45, 2.75) is 13.5 Å². The molecule has 0 bridgehead atoms. The summed E-state index contributed by atoms with van der Waals surface area (Å²) in [4.78, 5) is 6.07. The molecule has 2 rings (SSSR count). The Hall–Kier alpha value is -1.94. The number of nitrogens with zero attached hydrogens (tertiary/aromatic N) is 2. The van der Waals surface area contributed by atoms with E-state index in [0.717, 1.165) is 17.9 Å².